The number of hydrogen-bond acceptors (Lipinski definition) is 18. The molecule has 0 bridgehead atoms. The highest BCUT2D eigenvalue weighted by Gasteiger charge is 2.33. The minimum atomic E-state index is -0.823. The Balaban J connectivity index is 0.648. The number of tetrazole rings is 1. The number of ether oxygens (including phenoxy) is 2. The van der Waals surface area contributed by atoms with E-state index in [0.29, 0.717) is 105 Å². The molecule has 2 amide bonds. The summed E-state index contributed by atoms with van der Waals surface area (Å²) in [6.07, 6.45) is 10.9. The fraction of sp³-hybridized carbons (Fsp3) is 0.255. The first-order valence-electron chi connectivity index (χ1n) is 26.2. The Labute approximate surface area is 460 Å². The largest absolute Gasteiger partial charge is 0.494 e. The van der Waals surface area contributed by atoms with E-state index in [-0.39, 0.29) is 40.9 Å². The van der Waals surface area contributed by atoms with Crippen LogP contribution in [0.3, 0.4) is 0 Å². The first-order chi connectivity index (χ1) is 39.6. The number of para-hydroxylation sites is 1. The van der Waals surface area contributed by atoms with E-state index in [1.807, 2.05) is 72.5 Å². The summed E-state index contributed by atoms with van der Waals surface area (Å²) in [5.74, 6) is -1.77. The van der Waals surface area contributed by atoms with E-state index in [1.165, 1.54) is 41.5 Å². The molecule has 2 aromatic carbocycles. The van der Waals surface area contributed by atoms with Crippen molar-refractivity contribution in [3.8, 4) is 45.6 Å². The van der Waals surface area contributed by atoms with Crippen molar-refractivity contribution in [3.05, 3.63) is 138 Å². The molecule has 2 fully saturated rings. The molecule has 10 heterocycles. The minimum Gasteiger partial charge on any atom is -0.494 e. The van der Waals surface area contributed by atoms with Crippen LogP contribution in [-0.4, -0.2) is 176 Å². The van der Waals surface area contributed by atoms with Gasteiger partial charge in [-0.05, 0) is 78.3 Å². The Bertz CT molecular complexity index is 3950. The zero-order chi connectivity index (χ0) is 55.6. The molecule has 26 heteroatoms. The number of halogens is 1. The number of anilines is 2. The number of aromatic nitrogens is 14. The zero-order valence-electron chi connectivity index (χ0n) is 43.9. The van der Waals surface area contributed by atoms with Crippen LogP contribution in [0.2, 0.25) is 0 Å². The highest BCUT2D eigenvalue weighted by Crippen LogP contribution is 2.36. The van der Waals surface area contributed by atoms with Gasteiger partial charge < -0.3 is 44.4 Å². The van der Waals surface area contributed by atoms with E-state index in [9.17, 15) is 19.2 Å². The molecule has 25 nitrogen and oxygen atoms in total. The topological polar surface area (TPSA) is 285 Å². The molecule has 8 aromatic heterocycles. The van der Waals surface area contributed by atoms with Crippen LogP contribution in [0.25, 0.3) is 56.0 Å². The maximum atomic E-state index is 15.1. The third kappa shape index (κ3) is 10.0. The van der Waals surface area contributed by atoms with Crippen molar-refractivity contribution in [2.24, 2.45) is 0 Å². The summed E-state index contributed by atoms with van der Waals surface area (Å²) < 4.78 is 29.9. The van der Waals surface area contributed by atoms with Gasteiger partial charge in [0.25, 0.3) is 23.4 Å². The van der Waals surface area contributed by atoms with Crippen LogP contribution >= 0.6 is 0 Å². The lowest BCUT2D eigenvalue weighted by atomic mass is 10.1. The number of benzene rings is 2. The van der Waals surface area contributed by atoms with E-state index < -0.39 is 29.2 Å². The molecular formula is C55H52FN19O6. The number of methoxy groups -OCH3 is 1. The number of fused-ring (bicyclic) bond motifs is 2. The van der Waals surface area contributed by atoms with Crippen molar-refractivity contribution in [3.63, 3.8) is 0 Å². The minimum absolute atomic E-state index is 0.0380. The van der Waals surface area contributed by atoms with Gasteiger partial charge in [0.1, 0.15) is 22.9 Å². The number of piperazine rings is 2. The molecule has 0 saturated carbocycles. The fourth-order valence-corrected chi connectivity index (χ4v) is 10.3. The van der Waals surface area contributed by atoms with Crippen LogP contribution in [0, 0.1) is 5.82 Å². The summed E-state index contributed by atoms with van der Waals surface area (Å²) in [5, 5.41) is 31.5. The molecule has 0 spiro atoms. The van der Waals surface area contributed by atoms with Gasteiger partial charge in [-0.15, -0.1) is 5.10 Å². The van der Waals surface area contributed by atoms with Crippen molar-refractivity contribution < 1.29 is 33.0 Å². The molecule has 2 aliphatic heterocycles. The van der Waals surface area contributed by atoms with E-state index >= 15 is 4.39 Å². The Hall–Kier alpha value is -10.2. The fourth-order valence-electron chi connectivity index (χ4n) is 10.3. The maximum absolute atomic E-state index is 15.1. The van der Waals surface area contributed by atoms with E-state index in [0.717, 1.165) is 40.1 Å². The molecule has 0 unspecified atom stereocenters. The molecule has 0 aliphatic carbocycles. The zero-order valence-corrected chi connectivity index (χ0v) is 43.9. The van der Waals surface area contributed by atoms with Gasteiger partial charge >= 0.3 is 0 Å². The molecule has 0 atom stereocenters. The van der Waals surface area contributed by atoms with Gasteiger partial charge in [-0.25, -0.2) is 19.0 Å². The number of nitrogens with one attached hydrogen (secondary N) is 4. The van der Waals surface area contributed by atoms with Gasteiger partial charge in [-0.1, -0.05) is 34.6 Å². The van der Waals surface area contributed by atoms with Crippen LogP contribution in [-0.2, 0) is 22.6 Å². The Kier molecular flexibility index (Phi) is 14.1. The molecule has 81 heavy (non-hydrogen) atoms. The number of Topliss-reactive ketones (excluding diaryl/α,β-unsaturated/α-hetero) is 2. The number of carbonyl (C=O) groups excluding carboxylic acids is 4. The Morgan fingerprint density at radius 2 is 1.48 bits per heavy atom. The lowest BCUT2D eigenvalue weighted by Crippen LogP contribution is -2.51. The Morgan fingerprint density at radius 3 is 2.21 bits per heavy atom. The second-order valence-electron chi connectivity index (χ2n) is 19.2. The Morgan fingerprint density at radius 1 is 0.741 bits per heavy atom. The van der Waals surface area contributed by atoms with Crippen LogP contribution in [0.4, 0.5) is 16.0 Å². The number of pyridine rings is 3. The monoisotopic (exact) mass is 1090 g/mol. The summed E-state index contributed by atoms with van der Waals surface area (Å²) in [4.78, 5) is 81.5. The number of hydrogen-bond donors (Lipinski definition) is 4. The average molecular weight is 1090 g/mol. The van der Waals surface area contributed by atoms with Crippen molar-refractivity contribution in [2.75, 3.05) is 82.4 Å². The standard InChI is InChI=1S/C55H52FN19O6/c1-3-81-43-26-34(9-10-42(43)70-17-19-71(20-18-70)53(78)50(76)37-29-60-49-45(37)39(56)31-62-52(49)74-16-15-63-68-74)40-25-33(12-14-58-40)11-13-57-28-35-27-41(65-64-35)47-48-46(44(80-2)32-61-47)38(30-59-48)51(77)54(79)72-21-23-73(24-22-72)55-66-67-69-75(55)36-7-5-4-6-8-36/h4-10,12,14-16,25-27,29-32,57,59-60H,3,11,13,17-24,28H2,1-2H3,(H,64,65). The summed E-state index contributed by atoms with van der Waals surface area (Å²) in [6, 6.07) is 21.4. The normalized spacial score (nSPS) is 13.8. The second-order valence-corrected chi connectivity index (χ2v) is 19.2. The highest BCUT2D eigenvalue weighted by atomic mass is 19.1. The third-order valence-corrected chi connectivity index (χ3v) is 14.4. The quantitative estimate of drug-likeness (QED) is 0.0526. The lowest BCUT2D eigenvalue weighted by molar-refractivity contribution is -0.127. The summed E-state index contributed by atoms with van der Waals surface area (Å²) in [5.41, 5.74) is 7.05. The summed E-state index contributed by atoms with van der Waals surface area (Å²) in [7, 11) is 1.49. The number of rotatable bonds is 18. The second kappa shape index (κ2) is 22.2. The number of nitrogens with zero attached hydrogens (tertiary/aromatic N) is 15. The third-order valence-electron chi connectivity index (χ3n) is 14.4. The number of amides is 2. The van der Waals surface area contributed by atoms with Crippen LogP contribution in [0.15, 0.2) is 110 Å². The SMILES string of the molecule is CCOc1cc(-c2cc(CCNCc3cc(-c4ncc(OC)c5c(C(=O)C(=O)N6CCN(c7nnnn7-c7ccccc7)CC6)c[nH]c45)n[nH]3)ccn2)ccc1N1CCN(C(=O)C(=O)c2c[nH]c3c(-n4ccnn4)ncc(F)c23)CC1. The first-order valence-corrected chi connectivity index (χ1v) is 26.2. The first kappa shape index (κ1) is 51.5. The summed E-state index contributed by atoms with van der Waals surface area (Å²) >= 11 is 0. The van der Waals surface area contributed by atoms with Gasteiger partial charge in [0.2, 0.25) is 5.95 Å². The van der Waals surface area contributed by atoms with E-state index in [1.54, 1.807) is 22.0 Å². The van der Waals surface area contributed by atoms with Crippen molar-refractivity contribution >= 4 is 56.8 Å². The molecule has 2 aliphatic rings. The number of ketones is 2. The predicted octanol–water partition coefficient (Wildman–Crippen LogP) is 4.39. The van der Waals surface area contributed by atoms with E-state index in [4.69, 9.17) is 9.47 Å². The highest BCUT2D eigenvalue weighted by molar-refractivity contribution is 6.45. The number of aromatic amines is 3. The molecule has 12 rings (SSSR count). The van der Waals surface area contributed by atoms with Crippen molar-refractivity contribution in [1.29, 1.82) is 0 Å². The van der Waals surface area contributed by atoms with Crippen molar-refractivity contribution in [1.82, 2.24) is 85.4 Å². The van der Waals surface area contributed by atoms with Gasteiger partial charge in [0, 0.05) is 88.8 Å². The summed E-state index contributed by atoms with van der Waals surface area (Å²) in [6.45, 7) is 6.34. The molecule has 0 radical (unpaired) electrons. The average Bonchev–Trinajstić information content (AvgIpc) is 4.57. The molecule has 10 aromatic rings. The molecule has 2 saturated heterocycles. The predicted molar refractivity (Wildman–Crippen MR) is 293 cm³/mol. The molecule has 410 valence electrons. The smallest absolute Gasteiger partial charge is 0.295 e. The van der Waals surface area contributed by atoms with Crippen LogP contribution in [0.1, 0.15) is 38.9 Å². The molecule has 4 N–H and O–H groups in total. The number of H-pyrrole nitrogens is 3. The lowest BCUT2D eigenvalue weighted by Gasteiger charge is -2.36. The van der Waals surface area contributed by atoms with Crippen LogP contribution in [0.5, 0.6) is 11.5 Å². The van der Waals surface area contributed by atoms with Gasteiger partial charge in [0.05, 0.1) is 88.5 Å². The van der Waals surface area contributed by atoms with Gasteiger partial charge in [-0.2, -0.15) is 9.78 Å². The van der Waals surface area contributed by atoms with Crippen molar-refractivity contribution in [2.45, 2.75) is 19.9 Å². The maximum Gasteiger partial charge on any atom is 0.295 e. The number of carbonyl (C=O) groups is 4. The van der Waals surface area contributed by atoms with Gasteiger partial charge in [-0.3, -0.25) is 29.3 Å². The van der Waals surface area contributed by atoms with E-state index in [2.05, 4.69) is 77.2 Å². The van der Waals surface area contributed by atoms with Gasteiger partial charge in [0.15, 0.2) is 11.6 Å². The molecular weight excluding hydrogens is 1040 g/mol. The van der Waals surface area contributed by atoms with Crippen LogP contribution < -0.4 is 24.6 Å².